The third-order valence-corrected chi connectivity index (χ3v) is 4.87. The van der Waals surface area contributed by atoms with Crippen molar-refractivity contribution in [1.82, 2.24) is 9.78 Å². The number of hydrogen-bond acceptors (Lipinski definition) is 2. The number of aryl methyl sites for hydroxylation is 1. The summed E-state index contributed by atoms with van der Waals surface area (Å²) in [4.78, 5) is 11.1. The molecule has 1 aromatic carbocycles. The lowest BCUT2D eigenvalue weighted by Gasteiger charge is -2.18. The van der Waals surface area contributed by atoms with Crippen molar-refractivity contribution in [3.8, 4) is 5.69 Å². The highest BCUT2D eigenvalue weighted by molar-refractivity contribution is 6.88. The third kappa shape index (κ3) is 2.76. The van der Waals surface area contributed by atoms with E-state index in [1.165, 1.54) is 5.56 Å². The molecule has 0 fully saturated rings. The minimum atomic E-state index is -1.66. The summed E-state index contributed by atoms with van der Waals surface area (Å²) in [7, 11) is -1.66. The number of carboxylic acids is 1. The van der Waals surface area contributed by atoms with Crippen LogP contribution in [0.3, 0.4) is 0 Å². The maximum Gasteiger partial charge on any atom is 0.356 e. The highest BCUT2D eigenvalue weighted by atomic mass is 28.3. The Balaban J connectivity index is 2.61. The lowest BCUT2D eigenvalue weighted by molar-refractivity contribution is 0.0690. The van der Waals surface area contributed by atoms with Gasteiger partial charge in [0.15, 0.2) is 5.69 Å². The largest absolute Gasteiger partial charge is 0.476 e. The van der Waals surface area contributed by atoms with Gasteiger partial charge in [-0.3, -0.25) is 0 Å². The topological polar surface area (TPSA) is 55.1 Å². The first kappa shape index (κ1) is 13.5. The van der Waals surface area contributed by atoms with Crippen LogP contribution in [-0.2, 0) is 0 Å². The van der Waals surface area contributed by atoms with Crippen LogP contribution in [0.4, 0.5) is 0 Å². The molecule has 0 amide bonds. The van der Waals surface area contributed by atoms with Crippen molar-refractivity contribution in [2.75, 3.05) is 0 Å². The van der Waals surface area contributed by atoms with Gasteiger partial charge in [0.05, 0.1) is 5.69 Å². The molecule has 0 atom stereocenters. The van der Waals surface area contributed by atoms with Gasteiger partial charge in [-0.15, -0.1) is 0 Å². The van der Waals surface area contributed by atoms with E-state index in [1.54, 1.807) is 10.7 Å². The number of rotatable bonds is 3. The second-order valence-electron chi connectivity index (χ2n) is 5.72. The summed E-state index contributed by atoms with van der Waals surface area (Å²) in [6.07, 6.45) is 0. The molecule has 19 heavy (non-hydrogen) atoms. The maximum absolute atomic E-state index is 11.1. The minimum absolute atomic E-state index is 0.109. The van der Waals surface area contributed by atoms with Gasteiger partial charge < -0.3 is 5.11 Å². The fourth-order valence-corrected chi connectivity index (χ4v) is 3.29. The smallest absolute Gasteiger partial charge is 0.356 e. The van der Waals surface area contributed by atoms with Crippen LogP contribution in [-0.4, -0.2) is 28.9 Å². The van der Waals surface area contributed by atoms with Gasteiger partial charge in [-0.05, 0) is 25.1 Å². The molecule has 0 unspecified atom stereocenters. The van der Waals surface area contributed by atoms with Crippen LogP contribution in [0.1, 0.15) is 16.1 Å². The molecule has 0 aliphatic rings. The first-order chi connectivity index (χ1) is 8.79. The number of nitrogens with zero attached hydrogens (tertiary/aromatic N) is 2. The maximum atomic E-state index is 11.1. The van der Waals surface area contributed by atoms with Gasteiger partial charge in [-0.1, -0.05) is 37.3 Å². The van der Waals surface area contributed by atoms with Gasteiger partial charge in [0.25, 0.3) is 0 Å². The van der Waals surface area contributed by atoms with Crippen LogP contribution in [0.2, 0.25) is 19.6 Å². The highest BCUT2D eigenvalue weighted by Crippen LogP contribution is 2.12. The number of hydrogen-bond donors (Lipinski definition) is 1. The second kappa shape index (κ2) is 4.66. The van der Waals surface area contributed by atoms with Crippen molar-refractivity contribution in [2.45, 2.75) is 26.6 Å². The van der Waals surface area contributed by atoms with Crippen molar-refractivity contribution < 1.29 is 9.90 Å². The number of aromatic nitrogens is 2. The van der Waals surface area contributed by atoms with E-state index in [0.717, 1.165) is 11.0 Å². The summed E-state index contributed by atoms with van der Waals surface area (Å²) in [5, 5.41) is 14.4. The van der Waals surface area contributed by atoms with Gasteiger partial charge in [-0.25, -0.2) is 9.48 Å². The van der Waals surface area contributed by atoms with Gasteiger partial charge in [-0.2, -0.15) is 5.10 Å². The van der Waals surface area contributed by atoms with Crippen LogP contribution in [0, 0.1) is 6.92 Å². The van der Waals surface area contributed by atoms with Crippen molar-refractivity contribution in [3.63, 3.8) is 0 Å². The van der Waals surface area contributed by atoms with Gasteiger partial charge in [0.2, 0.25) is 0 Å². The Labute approximate surface area is 113 Å². The number of benzene rings is 1. The molecule has 0 saturated carbocycles. The van der Waals surface area contributed by atoms with Gasteiger partial charge in [0, 0.05) is 5.32 Å². The van der Waals surface area contributed by atoms with Crippen molar-refractivity contribution in [2.24, 2.45) is 0 Å². The summed E-state index contributed by atoms with van der Waals surface area (Å²) in [5.74, 6) is -0.981. The van der Waals surface area contributed by atoms with E-state index in [4.69, 9.17) is 5.11 Å². The molecule has 100 valence electrons. The molecule has 0 aliphatic carbocycles. The Morgan fingerprint density at radius 3 is 2.26 bits per heavy atom. The predicted molar refractivity (Wildman–Crippen MR) is 78.2 cm³/mol. The number of aromatic carboxylic acids is 1. The molecule has 2 aromatic rings. The first-order valence-corrected chi connectivity index (χ1v) is 9.70. The van der Waals surface area contributed by atoms with Crippen LogP contribution in [0.15, 0.2) is 30.3 Å². The minimum Gasteiger partial charge on any atom is -0.476 e. The van der Waals surface area contributed by atoms with Crippen molar-refractivity contribution in [3.05, 3.63) is 41.6 Å². The van der Waals surface area contributed by atoms with E-state index < -0.39 is 14.0 Å². The highest BCUT2D eigenvalue weighted by Gasteiger charge is 2.25. The predicted octanol–water partition coefficient (Wildman–Crippen LogP) is 2.42. The molecule has 2 rings (SSSR count). The van der Waals surface area contributed by atoms with E-state index in [1.807, 2.05) is 31.2 Å². The molecule has 1 N–H and O–H groups in total. The average Bonchev–Trinajstić information content (AvgIpc) is 2.74. The summed E-state index contributed by atoms with van der Waals surface area (Å²) < 4.78 is 1.77. The standard InChI is InChI=1S/C14H18N2O2Si/c1-10-5-7-11(8-6-10)16-13(19(2,3)4)9-12(15-16)14(17)18/h5-9H,1-4H3,(H,17,18). The zero-order valence-electron chi connectivity index (χ0n) is 11.6. The Bertz CT molecular complexity index is 609. The summed E-state index contributed by atoms with van der Waals surface area (Å²) >= 11 is 0. The van der Waals surface area contributed by atoms with E-state index >= 15 is 0 Å². The molecular weight excluding hydrogens is 256 g/mol. The fraction of sp³-hybridized carbons (Fsp3) is 0.286. The van der Waals surface area contributed by atoms with Crippen LogP contribution in [0.25, 0.3) is 5.69 Å². The Kier molecular flexibility index (Phi) is 3.32. The van der Waals surface area contributed by atoms with E-state index in [-0.39, 0.29) is 5.69 Å². The van der Waals surface area contributed by atoms with Crippen LogP contribution >= 0.6 is 0 Å². The van der Waals surface area contributed by atoms with E-state index in [9.17, 15) is 4.79 Å². The van der Waals surface area contributed by atoms with Gasteiger partial charge >= 0.3 is 5.97 Å². The van der Waals surface area contributed by atoms with E-state index in [2.05, 4.69) is 24.7 Å². The third-order valence-electron chi connectivity index (χ3n) is 2.98. The molecule has 5 heteroatoms. The lowest BCUT2D eigenvalue weighted by Crippen LogP contribution is -2.42. The molecular formula is C14H18N2O2Si. The Morgan fingerprint density at radius 2 is 1.79 bits per heavy atom. The summed E-state index contributed by atoms with van der Waals surface area (Å²) in [6, 6.07) is 9.65. The normalized spacial score (nSPS) is 11.6. The number of carbonyl (C=O) groups is 1. The van der Waals surface area contributed by atoms with Crippen LogP contribution < -0.4 is 5.32 Å². The molecule has 4 nitrogen and oxygen atoms in total. The number of carboxylic acid groups (broad SMARTS) is 1. The monoisotopic (exact) mass is 274 g/mol. The first-order valence-electron chi connectivity index (χ1n) is 6.20. The van der Waals surface area contributed by atoms with Crippen molar-refractivity contribution in [1.29, 1.82) is 0 Å². The summed E-state index contributed by atoms with van der Waals surface area (Å²) in [6.45, 7) is 8.57. The Hall–Kier alpha value is -1.88. The molecule has 1 heterocycles. The zero-order valence-corrected chi connectivity index (χ0v) is 12.6. The van der Waals surface area contributed by atoms with Gasteiger partial charge in [0.1, 0.15) is 8.07 Å². The summed E-state index contributed by atoms with van der Waals surface area (Å²) in [5.41, 5.74) is 2.19. The lowest BCUT2D eigenvalue weighted by atomic mass is 10.2. The molecule has 0 radical (unpaired) electrons. The Morgan fingerprint density at radius 1 is 1.21 bits per heavy atom. The fourth-order valence-electron chi connectivity index (χ4n) is 1.90. The molecule has 0 saturated heterocycles. The molecule has 1 aromatic heterocycles. The molecule has 0 bridgehead atoms. The molecule has 0 aliphatic heterocycles. The van der Waals surface area contributed by atoms with Crippen molar-refractivity contribution >= 4 is 19.4 Å². The zero-order chi connectivity index (χ0) is 14.2. The van der Waals surface area contributed by atoms with E-state index in [0.29, 0.717) is 0 Å². The van der Waals surface area contributed by atoms with Crippen LogP contribution in [0.5, 0.6) is 0 Å². The quantitative estimate of drug-likeness (QED) is 0.875. The molecule has 0 spiro atoms. The average molecular weight is 274 g/mol. The SMILES string of the molecule is Cc1ccc(-n2nc(C(=O)O)cc2[Si](C)(C)C)cc1. The second-order valence-corrected chi connectivity index (χ2v) is 10.7.